The van der Waals surface area contributed by atoms with Crippen LogP contribution in [0.25, 0.3) is 0 Å². The van der Waals surface area contributed by atoms with Gasteiger partial charge >= 0.3 is 0 Å². The molecule has 0 spiro atoms. The zero-order valence-corrected chi connectivity index (χ0v) is 12.6. The highest BCUT2D eigenvalue weighted by molar-refractivity contribution is 9.10. The van der Waals surface area contributed by atoms with E-state index < -0.39 is 0 Å². The third-order valence-corrected chi connectivity index (χ3v) is 4.49. The monoisotopic (exact) mass is 311 g/mol. The Bertz CT molecular complexity index is 397. The smallest absolute Gasteiger partial charge is 0.133 e. The van der Waals surface area contributed by atoms with Crippen LogP contribution in [0.1, 0.15) is 44.1 Å². The quantitative estimate of drug-likeness (QED) is 0.855. The summed E-state index contributed by atoms with van der Waals surface area (Å²) in [5, 5.41) is 0. The number of nitrogens with two attached hydrogens (primary N) is 1. The average molecular weight is 312 g/mol. The first-order chi connectivity index (χ1) is 8.63. The van der Waals surface area contributed by atoms with Crippen LogP contribution < -0.4 is 10.5 Å². The zero-order valence-electron chi connectivity index (χ0n) is 11.0. The molecule has 0 saturated heterocycles. The van der Waals surface area contributed by atoms with Crippen LogP contribution in [0.5, 0.6) is 5.75 Å². The van der Waals surface area contributed by atoms with Gasteiger partial charge in [-0.25, -0.2) is 0 Å². The second kappa shape index (κ2) is 6.07. The summed E-state index contributed by atoms with van der Waals surface area (Å²) >= 11 is 3.54. The lowest BCUT2D eigenvalue weighted by atomic mass is 9.85. The molecule has 2 N–H and O–H groups in total. The lowest BCUT2D eigenvalue weighted by Crippen LogP contribution is -2.41. The van der Waals surface area contributed by atoms with E-state index in [4.69, 9.17) is 10.5 Å². The van der Waals surface area contributed by atoms with Crippen molar-refractivity contribution in [3.05, 3.63) is 28.2 Å². The molecule has 1 fully saturated rings. The van der Waals surface area contributed by atoms with E-state index in [0.717, 1.165) is 29.5 Å². The molecule has 2 rings (SSSR count). The van der Waals surface area contributed by atoms with E-state index in [9.17, 15) is 0 Å². The number of rotatable bonds is 3. The van der Waals surface area contributed by atoms with Crippen LogP contribution in [0, 0.1) is 0 Å². The Kier molecular flexibility index (Phi) is 4.68. The van der Waals surface area contributed by atoms with Crippen molar-refractivity contribution in [1.82, 2.24) is 0 Å². The number of hydrogen-bond acceptors (Lipinski definition) is 2. The van der Waals surface area contributed by atoms with E-state index in [1.54, 1.807) is 7.11 Å². The molecule has 1 aliphatic carbocycles. The SMILES string of the molecule is COc1ccc(CC2(N)CCCCCC2)cc1Br. The summed E-state index contributed by atoms with van der Waals surface area (Å²) in [6.45, 7) is 0. The molecular weight excluding hydrogens is 290 g/mol. The normalized spacial score (nSPS) is 19.3. The highest BCUT2D eigenvalue weighted by Crippen LogP contribution is 2.31. The first-order valence-electron chi connectivity index (χ1n) is 6.74. The van der Waals surface area contributed by atoms with Gasteiger partial charge in [-0.3, -0.25) is 0 Å². The number of hydrogen-bond donors (Lipinski definition) is 1. The fourth-order valence-electron chi connectivity index (χ4n) is 2.84. The predicted octanol–water partition coefficient (Wildman–Crippen LogP) is 4.05. The molecule has 1 aliphatic rings. The van der Waals surface area contributed by atoms with E-state index in [2.05, 4.69) is 28.1 Å². The van der Waals surface area contributed by atoms with Gasteiger partial charge < -0.3 is 10.5 Å². The van der Waals surface area contributed by atoms with Crippen molar-refractivity contribution in [2.75, 3.05) is 7.11 Å². The molecule has 0 unspecified atom stereocenters. The van der Waals surface area contributed by atoms with E-state index in [1.807, 2.05) is 6.07 Å². The Hall–Kier alpha value is -0.540. The standard InChI is InChI=1S/C15H22BrNO/c1-18-14-7-6-12(10-13(14)16)11-15(17)8-4-2-3-5-9-15/h6-7,10H,2-5,8-9,11,17H2,1H3. The summed E-state index contributed by atoms with van der Waals surface area (Å²) in [4.78, 5) is 0. The van der Waals surface area contributed by atoms with Gasteiger partial charge in [0, 0.05) is 5.54 Å². The lowest BCUT2D eigenvalue weighted by Gasteiger charge is -2.28. The summed E-state index contributed by atoms with van der Waals surface area (Å²) in [5.41, 5.74) is 7.85. The second-order valence-electron chi connectivity index (χ2n) is 5.42. The predicted molar refractivity (Wildman–Crippen MR) is 79.0 cm³/mol. The van der Waals surface area contributed by atoms with Gasteiger partial charge in [0.05, 0.1) is 11.6 Å². The minimum atomic E-state index is -0.00940. The van der Waals surface area contributed by atoms with Gasteiger partial charge in [-0.15, -0.1) is 0 Å². The minimum absolute atomic E-state index is 0.00940. The van der Waals surface area contributed by atoms with E-state index >= 15 is 0 Å². The molecule has 0 radical (unpaired) electrons. The maximum absolute atomic E-state index is 6.57. The third kappa shape index (κ3) is 3.48. The van der Waals surface area contributed by atoms with Crippen LogP contribution in [-0.4, -0.2) is 12.6 Å². The van der Waals surface area contributed by atoms with Crippen LogP contribution in [0.4, 0.5) is 0 Å². The highest BCUT2D eigenvalue weighted by atomic mass is 79.9. The fourth-order valence-corrected chi connectivity index (χ4v) is 3.42. The molecule has 3 heteroatoms. The van der Waals surface area contributed by atoms with Gasteiger partial charge in [-0.05, 0) is 52.9 Å². The van der Waals surface area contributed by atoms with Crippen LogP contribution in [0.3, 0.4) is 0 Å². The number of ether oxygens (including phenoxy) is 1. The molecular formula is C15H22BrNO. The van der Waals surface area contributed by atoms with E-state index in [0.29, 0.717) is 0 Å². The number of methoxy groups -OCH3 is 1. The molecule has 0 aliphatic heterocycles. The van der Waals surface area contributed by atoms with Crippen LogP contribution in [-0.2, 0) is 6.42 Å². The average Bonchev–Trinajstić information content (AvgIpc) is 2.54. The van der Waals surface area contributed by atoms with E-state index in [-0.39, 0.29) is 5.54 Å². The summed E-state index contributed by atoms with van der Waals surface area (Å²) in [7, 11) is 1.69. The summed E-state index contributed by atoms with van der Waals surface area (Å²) in [5.74, 6) is 0.880. The molecule has 0 heterocycles. The highest BCUT2D eigenvalue weighted by Gasteiger charge is 2.26. The molecule has 1 aromatic rings. The van der Waals surface area contributed by atoms with Crippen molar-refractivity contribution in [2.24, 2.45) is 5.73 Å². The largest absolute Gasteiger partial charge is 0.496 e. The Labute approximate surface area is 118 Å². The molecule has 0 atom stereocenters. The maximum atomic E-state index is 6.57. The maximum Gasteiger partial charge on any atom is 0.133 e. The summed E-state index contributed by atoms with van der Waals surface area (Å²) in [6, 6.07) is 6.28. The topological polar surface area (TPSA) is 35.2 Å². The van der Waals surface area contributed by atoms with Gasteiger partial charge in [0.2, 0.25) is 0 Å². The molecule has 0 aromatic heterocycles. The van der Waals surface area contributed by atoms with Crippen molar-refractivity contribution in [3.63, 3.8) is 0 Å². The van der Waals surface area contributed by atoms with Crippen molar-refractivity contribution >= 4 is 15.9 Å². The lowest BCUT2D eigenvalue weighted by molar-refractivity contribution is 0.368. The van der Waals surface area contributed by atoms with Crippen LogP contribution in [0.2, 0.25) is 0 Å². The summed E-state index contributed by atoms with van der Waals surface area (Å²) in [6.07, 6.45) is 8.49. The van der Waals surface area contributed by atoms with Gasteiger partial charge in [-0.1, -0.05) is 31.7 Å². The molecule has 100 valence electrons. The van der Waals surface area contributed by atoms with Gasteiger partial charge in [-0.2, -0.15) is 0 Å². The second-order valence-corrected chi connectivity index (χ2v) is 6.28. The fraction of sp³-hybridized carbons (Fsp3) is 0.600. The van der Waals surface area contributed by atoms with Gasteiger partial charge in [0.15, 0.2) is 0 Å². The molecule has 0 amide bonds. The minimum Gasteiger partial charge on any atom is -0.496 e. The first kappa shape index (κ1) is 13.9. The zero-order chi connectivity index (χ0) is 13.0. The van der Waals surface area contributed by atoms with Gasteiger partial charge in [0.25, 0.3) is 0 Å². The Morgan fingerprint density at radius 3 is 2.44 bits per heavy atom. The molecule has 1 aromatic carbocycles. The van der Waals surface area contributed by atoms with Crippen LogP contribution >= 0.6 is 15.9 Å². The van der Waals surface area contributed by atoms with Crippen molar-refractivity contribution in [3.8, 4) is 5.75 Å². The first-order valence-corrected chi connectivity index (χ1v) is 7.54. The number of halogens is 1. The third-order valence-electron chi connectivity index (χ3n) is 3.87. The number of benzene rings is 1. The van der Waals surface area contributed by atoms with Crippen molar-refractivity contribution in [1.29, 1.82) is 0 Å². The molecule has 2 nitrogen and oxygen atoms in total. The molecule has 18 heavy (non-hydrogen) atoms. The Morgan fingerprint density at radius 2 is 1.89 bits per heavy atom. The molecule has 0 bridgehead atoms. The summed E-state index contributed by atoms with van der Waals surface area (Å²) < 4.78 is 6.27. The molecule has 1 saturated carbocycles. The van der Waals surface area contributed by atoms with Crippen molar-refractivity contribution < 1.29 is 4.74 Å². The Morgan fingerprint density at radius 1 is 1.22 bits per heavy atom. The Balaban J connectivity index is 2.10. The van der Waals surface area contributed by atoms with Crippen molar-refractivity contribution in [2.45, 2.75) is 50.5 Å². The van der Waals surface area contributed by atoms with Crippen LogP contribution in [0.15, 0.2) is 22.7 Å². The van der Waals surface area contributed by atoms with Gasteiger partial charge in [0.1, 0.15) is 5.75 Å². The van der Waals surface area contributed by atoms with E-state index in [1.165, 1.54) is 31.2 Å².